The van der Waals surface area contributed by atoms with E-state index in [1.54, 1.807) is 24.3 Å². The molecule has 0 aliphatic rings. The fourth-order valence-electron chi connectivity index (χ4n) is 3.09. The van der Waals surface area contributed by atoms with Crippen molar-refractivity contribution in [3.8, 4) is 32.6 Å². The van der Waals surface area contributed by atoms with Crippen LogP contribution in [0.15, 0.2) is 72.8 Å². The van der Waals surface area contributed by atoms with E-state index in [2.05, 4.69) is 24.0 Å². The highest BCUT2D eigenvalue weighted by Gasteiger charge is 2.10. The van der Waals surface area contributed by atoms with Crippen molar-refractivity contribution in [3.63, 3.8) is 0 Å². The minimum absolute atomic E-state index is 0.381. The summed E-state index contributed by atoms with van der Waals surface area (Å²) in [4.78, 5) is 23.8. The van der Waals surface area contributed by atoms with Crippen LogP contribution in [0.1, 0.15) is 52.4 Å². The van der Waals surface area contributed by atoms with Crippen LogP contribution in [0, 0.1) is 0 Å². The Labute approximate surface area is 210 Å². The number of carbonyl (C=O) groups excluding carboxylic acids is 2. The monoisotopic (exact) mass is 490 g/mol. The summed E-state index contributed by atoms with van der Waals surface area (Å²) in [6.07, 6.45) is 12.6. The van der Waals surface area contributed by atoms with Crippen LogP contribution in [-0.4, -0.2) is 22.1 Å². The lowest BCUT2D eigenvalue weighted by atomic mass is 10.2. The molecule has 0 aliphatic carbocycles. The maximum Gasteiger partial charge on any atom is 0.335 e. The fraction of sp³-hybridized carbons (Fsp3) is 0.286. The average Bonchev–Trinajstić information content (AvgIpc) is 3.36. The van der Waals surface area contributed by atoms with Crippen molar-refractivity contribution >= 4 is 23.3 Å². The number of rotatable bonds is 12. The number of ether oxygens (including phenoxy) is 2. The second kappa shape index (κ2) is 14.0. The number of nitrogens with zero attached hydrogens (tertiary/aromatic N) is 2. The average molecular weight is 491 g/mol. The van der Waals surface area contributed by atoms with Crippen LogP contribution in [0.25, 0.3) is 21.1 Å². The van der Waals surface area contributed by atoms with Crippen molar-refractivity contribution in [2.75, 3.05) is 0 Å². The highest BCUT2D eigenvalue weighted by molar-refractivity contribution is 7.17. The van der Waals surface area contributed by atoms with Gasteiger partial charge in [0, 0.05) is 23.3 Å². The van der Waals surface area contributed by atoms with E-state index < -0.39 is 0 Å². The summed E-state index contributed by atoms with van der Waals surface area (Å²) in [6, 6.07) is 14.4. The molecule has 182 valence electrons. The maximum atomic E-state index is 11.9. The van der Waals surface area contributed by atoms with Crippen LogP contribution < -0.4 is 9.47 Å². The Hall–Kier alpha value is -3.58. The SMILES string of the molecule is CCCC/C=C/C(=O)Oc1ccc(-c2nnc(-c3ccc(OC(=O)/C=C/CCCC)cc3)s2)cc1. The molecule has 3 rings (SSSR count). The molecule has 0 spiro atoms. The molecule has 0 bridgehead atoms. The first-order chi connectivity index (χ1) is 17.1. The van der Waals surface area contributed by atoms with Gasteiger partial charge in [0.05, 0.1) is 0 Å². The van der Waals surface area contributed by atoms with Gasteiger partial charge in [-0.2, -0.15) is 0 Å². The van der Waals surface area contributed by atoms with Gasteiger partial charge in [0.1, 0.15) is 21.5 Å². The van der Waals surface area contributed by atoms with E-state index in [4.69, 9.17) is 9.47 Å². The molecule has 7 heteroatoms. The summed E-state index contributed by atoms with van der Waals surface area (Å²) in [5.74, 6) is 0.199. The van der Waals surface area contributed by atoms with E-state index in [-0.39, 0.29) is 11.9 Å². The van der Waals surface area contributed by atoms with Gasteiger partial charge in [-0.3, -0.25) is 0 Å². The number of esters is 2. The van der Waals surface area contributed by atoms with Crippen molar-refractivity contribution < 1.29 is 19.1 Å². The summed E-state index contributed by atoms with van der Waals surface area (Å²) in [5, 5.41) is 10.1. The molecule has 0 saturated heterocycles. The number of hydrogen-bond acceptors (Lipinski definition) is 7. The van der Waals surface area contributed by atoms with Gasteiger partial charge in [-0.15, -0.1) is 10.2 Å². The van der Waals surface area contributed by atoms with E-state index in [1.807, 2.05) is 36.4 Å². The van der Waals surface area contributed by atoms with Crippen LogP contribution in [0.2, 0.25) is 0 Å². The quantitative estimate of drug-likeness (QED) is 0.116. The Bertz CT molecular complexity index is 1060. The maximum absolute atomic E-state index is 11.9. The Balaban J connectivity index is 1.57. The van der Waals surface area contributed by atoms with Crippen LogP contribution in [0.5, 0.6) is 11.5 Å². The summed E-state index contributed by atoms with van der Waals surface area (Å²) >= 11 is 1.45. The zero-order valence-electron chi connectivity index (χ0n) is 20.1. The second-order valence-electron chi connectivity index (χ2n) is 7.89. The molecule has 3 aromatic rings. The van der Waals surface area contributed by atoms with Crippen LogP contribution >= 0.6 is 11.3 Å². The molecule has 1 aromatic heterocycles. The van der Waals surface area contributed by atoms with Crippen LogP contribution in [0.4, 0.5) is 0 Å². The number of carbonyl (C=O) groups is 2. The predicted molar refractivity (Wildman–Crippen MR) is 139 cm³/mol. The van der Waals surface area contributed by atoms with E-state index >= 15 is 0 Å². The van der Waals surface area contributed by atoms with Gasteiger partial charge in [0.25, 0.3) is 0 Å². The highest BCUT2D eigenvalue weighted by atomic mass is 32.1. The molecule has 0 radical (unpaired) electrons. The second-order valence-corrected chi connectivity index (χ2v) is 8.87. The first-order valence-corrected chi connectivity index (χ1v) is 12.7. The van der Waals surface area contributed by atoms with E-state index in [0.29, 0.717) is 11.5 Å². The van der Waals surface area contributed by atoms with Gasteiger partial charge in [-0.1, -0.05) is 63.0 Å². The van der Waals surface area contributed by atoms with Gasteiger partial charge in [-0.05, 0) is 61.4 Å². The van der Waals surface area contributed by atoms with E-state index in [1.165, 1.54) is 23.5 Å². The standard InChI is InChI=1S/C28H30N2O4S/c1-3-5-7-9-11-25(31)33-23-17-13-21(14-18-23)27-29-30-28(35-27)22-15-19-24(20-16-22)34-26(32)12-10-8-6-4-2/h9-20H,3-8H2,1-2H3/b11-9+,12-10+. The summed E-state index contributed by atoms with van der Waals surface area (Å²) in [7, 11) is 0. The molecule has 0 unspecified atom stereocenters. The van der Waals surface area contributed by atoms with Gasteiger partial charge >= 0.3 is 11.9 Å². The molecular formula is C28H30N2O4S. The first-order valence-electron chi connectivity index (χ1n) is 11.9. The molecule has 6 nitrogen and oxygen atoms in total. The number of aromatic nitrogens is 2. The highest BCUT2D eigenvalue weighted by Crippen LogP contribution is 2.31. The van der Waals surface area contributed by atoms with Crippen molar-refractivity contribution in [1.29, 1.82) is 0 Å². The summed E-state index contributed by atoms with van der Waals surface area (Å²) in [5.41, 5.74) is 1.76. The predicted octanol–water partition coefficient (Wildman–Crippen LogP) is 7.18. The Morgan fingerprint density at radius 2 is 1.11 bits per heavy atom. The number of benzene rings is 2. The lowest BCUT2D eigenvalue weighted by molar-refractivity contribution is -0.129. The molecular weight excluding hydrogens is 460 g/mol. The van der Waals surface area contributed by atoms with Crippen LogP contribution in [-0.2, 0) is 9.59 Å². The molecule has 0 N–H and O–H groups in total. The Morgan fingerprint density at radius 3 is 1.49 bits per heavy atom. The Kier molecular flexibility index (Phi) is 10.4. The van der Waals surface area contributed by atoms with Gasteiger partial charge in [0.2, 0.25) is 0 Å². The summed E-state index contributed by atoms with van der Waals surface area (Å²) < 4.78 is 10.7. The van der Waals surface area contributed by atoms with Crippen molar-refractivity contribution in [1.82, 2.24) is 10.2 Å². The normalized spacial score (nSPS) is 11.3. The van der Waals surface area contributed by atoms with E-state index in [0.717, 1.165) is 59.7 Å². The molecule has 0 atom stereocenters. The lowest BCUT2D eigenvalue weighted by Gasteiger charge is -2.02. The molecule has 0 aliphatic heterocycles. The van der Waals surface area contributed by atoms with Gasteiger partial charge in [-0.25, -0.2) is 9.59 Å². The summed E-state index contributed by atoms with van der Waals surface area (Å²) in [6.45, 7) is 4.22. The lowest BCUT2D eigenvalue weighted by Crippen LogP contribution is -2.03. The number of allylic oxidation sites excluding steroid dienone is 2. The third-order valence-corrected chi connectivity index (χ3v) is 6.04. The van der Waals surface area contributed by atoms with Crippen LogP contribution in [0.3, 0.4) is 0 Å². The molecule has 0 fully saturated rings. The van der Waals surface area contributed by atoms with Crippen molar-refractivity contribution in [2.45, 2.75) is 52.4 Å². The molecule has 0 amide bonds. The third-order valence-electron chi connectivity index (χ3n) is 5.02. The molecule has 1 heterocycles. The van der Waals surface area contributed by atoms with Crippen molar-refractivity contribution in [3.05, 3.63) is 72.8 Å². The molecule has 0 saturated carbocycles. The Morgan fingerprint density at radius 1 is 0.714 bits per heavy atom. The zero-order valence-corrected chi connectivity index (χ0v) is 20.9. The zero-order chi connectivity index (χ0) is 24.9. The molecule has 35 heavy (non-hydrogen) atoms. The largest absolute Gasteiger partial charge is 0.423 e. The minimum Gasteiger partial charge on any atom is -0.423 e. The topological polar surface area (TPSA) is 78.4 Å². The first kappa shape index (κ1) is 26.0. The van der Waals surface area contributed by atoms with Crippen molar-refractivity contribution in [2.24, 2.45) is 0 Å². The van der Waals surface area contributed by atoms with Gasteiger partial charge < -0.3 is 9.47 Å². The number of unbranched alkanes of at least 4 members (excludes halogenated alkanes) is 4. The smallest absolute Gasteiger partial charge is 0.335 e. The van der Waals surface area contributed by atoms with E-state index in [9.17, 15) is 9.59 Å². The molecule has 2 aromatic carbocycles. The minimum atomic E-state index is -0.381. The van der Waals surface area contributed by atoms with Gasteiger partial charge in [0.15, 0.2) is 0 Å². The fourth-order valence-corrected chi connectivity index (χ4v) is 3.95. The third kappa shape index (κ3) is 8.61. The number of hydrogen-bond donors (Lipinski definition) is 0.